The first kappa shape index (κ1) is 13.8. The van der Waals surface area contributed by atoms with E-state index in [1.807, 2.05) is 0 Å². The van der Waals surface area contributed by atoms with Gasteiger partial charge < -0.3 is 10.1 Å². The average molecular weight is 254 g/mol. The summed E-state index contributed by atoms with van der Waals surface area (Å²) in [7, 11) is 1.47. The van der Waals surface area contributed by atoms with E-state index in [9.17, 15) is 4.79 Å². The van der Waals surface area contributed by atoms with Crippen LogP contribution in [0, 0.1) is 5.92 Å². The monoisotopic (exact) mass is 254 g/mol. The minimum atomic E-state index is -0.186. The molecule has 1 atom stereocenters. The topological polar surface area (TPSA) is 41.6 Å². The molecule has 2 saturated carbocycles. The molecule has 0 aromatic carbocycles. The molecule has 0 aliphatic heterocycles. The molecule has 0 heterocycles. The summed E-state index contributed by atoms with van der Waals surface area (Å²) < 4.78 is 4.91. The molecule has 1 unspecified atom stereocenters. The highest BCUT2D eigenvalue weighted by Crippen LogP contribution is 2.34. The van der Waals surface area contributed by atoms with Crippen LogP contribution in [0.2, 0.25) is 0 Å². The van der Waals surface area contributed by atoms with E-state index >= 15 is 0 Å². The maximum absolute atomic E-state index is 11.8. The van der Waals surface area contributed by atoms with E-state index in [0.29, 0.717) is 12.1 Å². The zero-order valence-electron chi connectivity index (χ0n) is 11.8. The number of nitrogens with one attached hydrogen (secondary N) is 1. The van der Waals surface area contributed by atoms with E-state index in [4.69, 9.17) is 4.74 Å². The molecule has 104 valence electrons. The Labute approximate surface area is 110 Å². The van der Waals surface area contributed by atoms with Crippen LogP contribution in [0.3, 0.4) is 0 Å². The lowest BCUT2D eigenvalue weighted by Gasteiger charge is -2.28. The Hall–Kier alpha value is -0.610. The molecule has 0 bridgehead atoms. The van der Waals surface area contributed by atoms with Crippen molar-refractivity contribution < 1.29 is 9.53 Å². The van der Waals surface area contributed by atoms with Crippen molar-refractivity contribution >= 4 is 5.97 Å². The fourth-order valence-corrected chi connectivity index (χ4v) is 2.42. The Balaban J connectivity index is 1.88. The summed E-state index contributed by atoms with van der Waals surface area (Å²) in [5.74, 6) is 0.744. The molecule has 2 rings (SSSR count). The van der Waals surface area contributed by atoms with Gasteiger partial charge in [-0.05, 0) is 31.6 Å². The third kappa shape index (κ3) is 4.25. The summed E-state index contributed by atoms with van der Waals surface area (Å²) in [5.41, 5.74) is 0. The Morgan fingerprint density at radius 3 is 2.44 bits per heavy atom. The van der Waals surface area contributed by atoms with Crippen molar-refractivity contribution in [3.63, 3.8) is 0 Å². The van der Waals surface area contributed by atoms with E-state index < -0.39 is 0 Å². The second kappa shape index (κ2) is 6.02. The first-order valence-electron chi connectivity index (χ1n) is 7.18. The molecular formula is C14H26N2O2. The average Bonchev–Trinajstić information content (AvgIpc) is 3.15. The van der Waals surface area contributed by atoms with Gasteiger partial charge in [0.2, 0.25) is 0 Å². The van der Waals surface area contributed by atoms with Crippen LogP contribution in [0.25, 0.3) is 0 Å². The quantitative estimate of drug-likeness (QED) is 0.665. The Morgan fingerprint density at radius 1 is 1.33 bits per heavy atom. The second-order valence-electron chi connectivity index (χ2n) is 6.03. The van der Waals surface area contributed by atoms with Crippen molar-refractivity contribution in [1.29, 1.82) is 0 Å². The van der Waals surface area contributed by atoms with Crippen LogP contribution in [0.4, 0.5) is 0 Å². The number of rotatable bonds is 8. The van der Waals surface area contributed by atoms with Gasteiger partial charge in [-0.15, -0.1) is 0 Å². The van der Waals surface area contributed by atoms with Gasteiger partial charge in [0.15, 0.2) is 0 Å². The number of carbonyl (C=O) groups is 1. The smallest absolute Gasteiger partial charge is 0.324 e. The lowest BCUT2D eigenvalue weighted by molar-refractivity contribution is -0.143. The standard InChI is InChI=1S/C14H26N2O2/c1-10(2)15-13(14(17)18-3)9-16(12-6-7-12)8-11-4-5-11/h10-13,15H,4-9H2,1-3H3. The maximum atomic E-state index is 11.8. The largest absolute Gasteiger partial charge is 0.468 e. The molecule has 2 fully saturated rings. The summed E-state index contributed by atoms with van der Waals surface area (Å²) in [4.78, 5) is 14.3. The molecule has 2 aliphatic carbocycles. The zero-order valence-corrected chi connectivity index (χ0v) is 11.8. The third-order valence-corrected chi connectivity index (χ3v) is 3.69. The van der Waals surface area contributed by atoms with Gasteiger partial charge in [-0.3, -0.25) is 9.69 Å². The van der Waals surface area contributed by atoms with Crippen LogP contribution in [0.15, 0.2) is 0 Å². The minimum Gasteiger partial charge on any atom is -0.468 e. The molecule has 1 N–H and O–H groups in total. The van der Waals surface area contributed by atoms with E-state index in [1.54, 1.807) is 0 Å². The van der Waals surface area contributed by atoms with Crippen LogP contribution in [-0.2, 0) is 9.53 Å². The number of ether oxygens (including phenoxy) is 1. The molecule has 0 aromatic heterocycles. The molecule has 4 nitrogen and oxygen atoms in total. The number of esters is 1. The molecule has 0 amide bonds. The fourth-order valence-electron chi connectivity index (χ4n) is 2.42. The van der Waals surface area contributed by atoms with Crippen molar-refractivity contribution in [2.45, 2.75) is 57.7 Å². The van der Waals surface area contributed by atoms with Crippen molar-refractivity contribution in [2.24, 2.45) is 5.92 Å². The lowest BCUT2D eigenvalue weighted by Crippen LogP contribution is -2.50. The SMILES string of the molecule is COC(=O)C(CN(CC1CC1)C1CC1)NC(C)C. The van der Waals surface area contributed by atoms with Crippen LogP contribution >= 0.6 is 0 Å². The molecule has 18 heavy (non-hydrogen) atoms. The van der Waals surface area contributed by atoms with E-state index in [0.717, 1.165) is 19.0 Å². The Bertz CT molecular complexity index is 286. The van der Waals surface area contributed by atoms with Crippen molar-refractivity contribution in [2.75, 3.05) is 20.2 Å². The number of hydrogen-bond acceptors (Lipinski definition) is 4. The zero-order chi connectivity index (χ0) is 13.1. The number of carbonyl (C=O) groups excluding carboxylic acids is 1. The lowest BCUT2D eigenvalue weighted by atomic mass is 10.2. The highest BCUT2D eigenvalue weighted by molar-refractivity contribution is 5.76. The summed E-state index contributed by atoms with van der Waals surface area (Å²) >= 11 is 0. The second-order valence-corrected chi connectivity index (χ2v) is 6.03. The van der Waals surface area contributed by atoms with E-state index in [1.165, 1.54) is 32.8 Å². The predicted molar refractivity (Wildman–Crippen MR) is 71.4 cm³/mol. The first-order valence-corrected chi connectivity index (χ1v) is 7.18. The van der Waals surface area contributed by atoms with Crippen molar-refractivity contribution in [1.82, 2.24) is 10.2 Å². The number of hydrogen-bond donors (Lipinski definition) is 1. The molecule has 0 spiro atoms. The van der Waals surface area contributed by atoms with Gasteiger partial charge in [-0.2, -0.15) is 0 Å². The molecule has 0 saturated heterocycles. The predicted octanol–water partition coefficient (Wildman–Crippen LogP) is 1.40. The summed E-state index contributed by atoms with van der Waals surface area (Å²) in [5, 5.41) is 3.32. The highest BCUT2D eigenvalue weighted by Gasteiger charge is 2.36. The van der Waals surface area contributed by atoms with Gasteiger partial charge in [0.1, 0.15) is 6.04 Å². The molecule has 0 aromatic rings. The summed E-state index contributed by atoms with van der Waals surface area (Å²) in [6.07, 6.45) is 5.32. The highest BCUT2D eigenvalue weighted by atomic mass is 16.5. The van der Waals surface area contributed by atoms with Crippen LogP contribution in [0.1, 0.15) is 39.5 Å². The Kier molecular flexibility index (Phi) is 4.62. The summed E-state index contributed by atoms with van der Waals surface area (Å²) in [6.45, 7) is 6.10. The van der Waals surface area contributed by atoms with Gasteiger partial charge >= 0.3 is 5.97 Å². The fraction of sp³-hybridized carbons (Fsp3) is 0.929. The number of methoxy groups -OCH3 is 1. The molecular weight excluding hydrogens is 228 g/mol. The van der Waals surface area contributed by atoms with Crippen molar-refractivity contribution in [3.05, 3.63) is 0 Å². The van der Waals surface area contributed by atoms with Crippen LogP contribution < -0.4 is 5.32 Å². The molecule has 2 aliphatic rings. The van der Waals surface area contributed by atoms with E-state index in [-0.39, 0.29) is 12.0 Å². The van der Waals surface area contributed by atoms with Gasteiger partial charge in [-0.1, -0.05) is 13.8 Å². The number of nitrogens with zero attached hydrogens (tertiary/aromatic N) is 1. The molecule has 0 radical (unpaired) electrons. The van der Waals surface area contributed by atoms with Crippen LogP contribution in [-0.4, -0.2) is 49.2 Å². The maximum Gasteiger partial charge on any atom is 0.324 e. The Morgan fingerprint density at radius 2 is 2.00 bits per heavy atom. The van der Waals surface area contributed by atoms with Gasteiger partial charge in [-0.25, -0.2) is 0 Å². The molecule has 4 heteroatoms. The van der Waals surface area contributed by atoms with Crippen LogP contribution in [0.5, 0.6) is 0 Å². The summed E-state index contributed by atoms with van der Waals surface area (Å²) in [6, 6.07) is 0.831. The van der Waals surface area contributed by atoms with Gasteiger partial charge in [0.25, 0.3) is 0 Å². The normalized spacial score (nSPS) is 21.4. The minimum absolute atomic E-state index is 0.134. The van der Waals surface area contributed by atoms with Gasteiger partial charge in [0, 0.05) is 25.2 Å². The van der Waals surface area contributed by atoms with Crippen molar-refractivity contribution in [3.8, 4) is 0 Å². The first-order chi connectivity index (χ1) is 8.60. The van der Waals surface area contributed by atoms with E-state index in [2.05, 4.69) is 24.1 Å². The van der Waals surface area contributed by atoms with Gasteiger partial charge in [0.05, 0.1) is 7.11 Å². The third-order valence-electron chi connectivity index (χ3n) is 3.69.